The van der Waals surface area contributed by atoms with E-state index in [4.69, 9.17) is 16.3 Å². The van der Waals surface area contributed by atoms with Gasteiger partial charge < -0.3 is 10.1 Å². The van der Waals surface area contributed by atoms with E-state index in [1.807, 2.05) is 24.3 Å². The van der Waals surface area contributed by atoms with Gasteiger partial charge in [0.25, 0.3) is 5.91 Å². The summed E-state index contributed by atoms with van der Waals surface area (Å²) in [6.07, 6.45) is 1.96. The van der Waals surface area contributed by atoms with E-state index in [1.54, 1.807) is 13.2 Å². The van der Waals surface area contributed by atoms with Gasteiger partial charge >= 0.3 is 0 Å². The molecular weight excluding hydrogens is 276 g/mol. The number of nitrogens with zero attached hydrogens (tertiary/aromatic N) is 1. The van der Waals surface area contributed by atoms with Crippen molar-refractivity contribution in [3.05, 3.63) is 41.2 Å². The van der Waals surface area contributed by atoms with E-state index in [9.17, 15) is 4.79 Å². The van der Waals surface area contributed by atoms with Crippen LogP contribution in [-0.2, 0) is 4.74 Å². The Morgan fingerprint density at radius 3 is 2.90 bits per heavy atom. The van der Waals surface area contributed by atoms with Gasteiger partial charge in [0.1, 0.15) is 10.8 Å². The molecule has 20 heavy (non-hydrogen) atoms. The highest BCUT2D eigenvalue weighted by Crippen LogP contribution is 2.24. The molecule has 104 valence electrons. The van der Waals surface area contributed by atoms with Gasteiger partial charge in [-0.25, -0.2) is 4.98 Å². The largest absolute Gasteiger partial charge is 0.381 e. The fourth-order valence-corrected chi connectivity index (χ4v) is 2.67. The van der Waals surface area contributed by atoms with Gasteiger partial charge in [0.15, 0.2) is 0 Å². The molecule has 1 aromatic heterocycles. The Morgan fingerprint density at radius 2 is 2.15 bits per heavy atom. The summed E-state index contributed by atoms with van der Waals surface area (Å²) in [6.45, 7) is 0. The number of carbonyl (C=O) groups excluding carboxylic acids is 1. The molecule has 5 heteroatoms. The number of halogens is 1. The number of amides is 1. The van der Waals surface area contributed by atoms with E-state index < -0.39 is 0 Å². The predicted octanol–water partition coefficient (Wildman–Crippen LogP) is 2.80. The van der Waals surface area contributed by atoms with Crippen molar-refractivity contribution in [2.45, 2.75) is 25.0 Å². The average Bonchev–Trinajstić information content (AvgIpc) is 2.42. The van der Waals surface area contributed by atoms with Crippen molar-refractivity contribution in [2.75, 3.05) is 7.11 Å². The molecule has 1 saturated carbocycles. The molecule has 2 aromatic rings. The number of methoxy groups -OCH3 is 1. The monoisotopic (exact) mass is 290 g/mol. The summed E-state index contributed by atoms with van der Waals surface area (Å²) in [7, 11) is 1.69. The van der Waals surface area contributed by atoms with E-state index >= 15 is 0 Å². The van der Waals surface area contributed by atoms with Gasteiger partial charge in [-0.3, -0.25) is 4.79 Å². The van der Waals surface area contributed by atoms with Gasteiger partial charge in [0.05, 0.1) is 6.10 Å². The van der Waals surface area contributed by atoms with Crippen LogP contribution < -0.4 is 5.32 Å². The molecule has 0 unspecified atom stereocenters. The van der Waals surface area contributed by atoms with E-state index in [1.165, 1.54) is 0 Å². The number of pyridine rings is 1. The SMILES string of the molecule is COC1CC(NC(=O)c2cc3ccccc3c(Cl)n2)C1. The summed E-state index contributed by atoms with van der Waals surface area (Å²) in [6, 6.07) is 9.55. The van der Waals surface area contributed by atoms with Crippen LogP contribution >= 0.6 is 11.6 Å². The highest BCUT2D eigenvalue weighted by atomic mass is 35.5. The summed E-state index contributed by atoms with van der Waals surface area (Å²) < 4.78 is 5.19. The van der Waals surface area contributed by atoms with Crippen molar-refractivity contribution in [2.24, 2.45) is 0 Å². The Hall–Kier alpha value is -1.65. The number of nitrogens with one attached hydrogen (secondary N) is 1. The fourth-order valence-electron chi connectivity index (χ4n) is 2.41. The van der Waals surface area contributed by atoms with Crippen LogP contribution in [0.15, 0.2) is 30.3 Å². The average molecular weight is 291 g/mol. The van der Waals surface area contributed by atoms with Crippen LogP contribution in [0.4, 0.5) is 0 Å². The number of hydrogen-bond donors (Lipinski definition) is 1. The molecule has 1 amide bonds. The molecule has 1 aliphatic rings. The lowest BCUT2D eigenvalue weighted by atomic mass is 9.89. The summed E-state index contributed by atoms with van der Waals surface area (Å²) in [5, 5.41) is 5.08. The third-order valence-electron chi connectivity index (χ3n) is 3.69. The minimum absolute atomic E-state index is 0.166. The molecule has 0 atom stereocenters. The predicted molar refractivity (Wildman–Crippen MR) is 78.0 cm³/mol. The number of ether oxygens (including phenoxy) is 1. The normalized spacial score (nSPS) is 21.5. The van der Waals surface area contributed by atoms with Crippen molar-refractivity contribution in [1.82, 2.24) is 10.3 Å². The Labute approximate surface area is 122 Å². The lowest BCUT2D eigenvalue weighted by Crippen LogP contribution is -2.47. The lowest BCUT2D eigenvalue weighted by Gasteiger charge is -2.34. The maximum atomic E-state index is 12.2. The molecule has 1 heterocycles. The number of rotatable bonds is 3. The third-order valence-corrected chi connectivity index (χ3v) is 3.98. The minimum Gasteiger partial charge on any atom is -0.381 e. The number of aromatic nitrogens is 1. The molecular formula is C15H15ClN2O2. The van der Waals surface area contributed by atoms with Crippen LogP contribution in [0.3, 0.4) is 0 Å². The third kappa shape index (κ3) is 2.49. The number of hydrogen-bond acceptors (Lipinski definition) is 3. The highest BCUT2D eigenvalue weighted by Gasteiger charge is 2.30. The summed E-state index contributed by atoms with van der Waals surface area (Å²) in [5.41, 5.74) is 0.356. The quantitative estimate of drug-likeness (QED) is 0.885. The van der Waals surface area contributed by atoms with E-state index in [2.05, 4.69) is 10.3 Å². The van der Waals surface area contributed by atoms with Crippen LogP contribution in [0.25, 0.3) is 10.8 Å². The molecule has 1 aromatic carbocycles. The van der Waals surface area contributed by atoms with Crippen molar-refractivity contribution >= 4 is 28.3 Å². The second-order valence-corrected chi connectivity index (χ2v) is 5.38. The highest BCUT2D eigenvalue weighted by molar-refractivity contribution is 6.34. The van der Waals surface area contributed by atoms with Crippen molar-refractivity contribution in [1.29, 1.82) is 0 Å². The van der Waals surface area contributed by atoms with Crippen molar-refractivity contribution in [3.8, 4) is 0 Å². The van der Waals surface area contributed by atoms with Gasteiger partial charge in [0.2, 0.25) is 0 Å². The first-order valence-corrected chi connectivity index (χ1v) is 6.94. The zero-order valence-electron chi connectivity index (χ0n) is 11.1. The first-order chi connectivity index (χ1) is 9.67. The fraction of sp³-hybridized carbons (Fsp3) is 0.333. The van der Waals surface area contributed by atoms with Crippen LogP contribution in [0.5, 0.6) is 0 Å². The molecule has 0 radical (unpaired) electrons. The Balaban J connectivity index is 1.78. The molecule has 1 fully saturated rings. The number of fused-ring (bicyclic) bond motifs is 1. The first kappa shape index (κ1) is 13.3. The molecule has 0 saturated heterocycles. The Bertz CT molecular complexity index is 653. The topological polar surface area (TPSA) is 51.2 Å². The van der Waals surface area contributed by atoms with Crippen LogP contribution in [0, 0.1) is 0 Å². The molecule has 0 spiro atoms. The molecule has 3 rings (SSSR count). The number of carbonyl (C=O) groups is 1. The van der Waals surface area contributed by atoms with Gasteiger partial charge in [-0.1, -0.05) is 35.9 Å². The molecule has 1 N–H and O–H groups in total. The standard InChI is InChI=1S/C15H15ClN2O2/c1-20-11-7-10(8-11)17-15(19)13-6-9-4-2-3-5-12(9)14(16)18-13/h2-6,10-11H,7-8H2,1H3,(H,17,19). The van der Waals surface area contributed by atoms with Gasteiger partial charge in [-0.15, -0.1) is 0 Å². The minimum atomic E-state index is -0.183. The zero-order valence-corrected chi connectivity index (χ0v) is 11.9. The van der Waals surface area contributed by atoms with Gasteiger partial charge in [0, 0.05) is 18.5 Å². The Morgan fingerprint density at radius 1 is 1.40 bits per heavy atom. The van der Waals surface area contributed by atoms with Crippen molar-refractivity contribution in [3.63, 3.8) is 0 Å². The molecule has 0 bridgehead atoms. The summed E-state index contributed by atoms with van der Waals surface area (Å²) >= 11 is 6.13. The summed E-state index contributed by atoms with van der Waals surface area (Å²) in [4.78, 5) is 16.3. The summed E-state index contributed by atoms with van der Waals surface area (Å²) in [5.74, 6) is -0.183. The van der Waals surface area contributed by atoms with E-state index in [0.717, 1.165) is 23.6 Å². The number of benzene rings is 1. The van der Waals surface area contributed by atoms with E-state index in [-0.39, 0.29) is 18.1 Å². The Kier molecular flexibility index (Phi) is 3.59. The molecule has 1 aliphatic carbocycles. The van der Waals surface area contributed by atoms with Crippen LogP contribution in [-0.4, -0.2) is 30.1 Å². The van der Waals surface area contributed by atoms with Crippen molar-refractivity contribution < 1.29 is 9.53 Å². The zero-order chi connectivity index (χ0) is 14.1. The lowest BCUT2D eigenvalue weighted by molar-refractivity contribution is 0.0175. The first-order valence-electron chi connectivity index (χ1n) is 6.56. The van der Waals surface area contributed by atoms with Crippen LogP contribution in [0.2, 0.25) is 5.15 Å². The second-order valence-electron chi connectivity index (χ2n) is 5.02. The second kappa shape index (κ2) is 5.38. The maximum absolute atomic E-state index is 12.2. The smallest absolute Gasteiger partial charge is 0.270 e. The van der Waals surface area contributed by atoms with Gasteiger partial charge in [-0.2, -0.15) is 0 Å². The van der Waals surface area contributed by atoms with E-state index in [0.29, 0.717) is 10.8 Å². The maximum Gasteiger partial charge on any atom is 0.270 e. The molecule has 4 nitrogen and oxygen atoms in total. The van der Waals surface area contributed by atoms with Crippen LogP contribution in [0.1, 0.15) is 23.3 Å². The van der Waals surface area contributed by atoms with Gasteiger partial charge in [-0.05, 0) is 24.3 Å². The molecule has 0 aliphatic heterocycles.